The van der Waals surface area contributed by atoms with Gasteiger partial charge in [0.15, 0.2) is 0 Å². The van der Waals surface area contributed by atoms with Gasteiger partial charge in [0.25, 0.3) is 0 Å². The number of aromatic nitrogens is 10. The second kappa shape index (κ2) is 52.9. The van der Waals surface area contributed by atoms with Crippen molar-refractivity contribution in [2.24, 2.45) is 0 Å². The number of benzene rings is 13. The number of hydrogen-bond acceptors (Lipinski definition) is 6. The molecule has 0 aliphatic carbocycles. The van der Waals surface area contributed by atoms with E-state index in [0.717, 1.165) is 60.7 Å². The third-order valence-electron chi connectivity index (χ3n) is 25.9. The van der Waals surface area contributed by atoms with Crippen LogP contribution in [0.5, 0.6) is 0 Å². The van der Waals surface area contributed by atoms with Gasteiger partial charge in [-0.2, -0.15) is 0 Å². The summed E-state index contributed by atoms with van der Waals surface area (Å²) in [6.45, 7) is 40.4. The topological polar surface area (TPSA) is 89.7 Å². The molecular formula is C121H121Ir5N11Y5-10. The molecule has 10 aromatic heterocycles. The minimum Gasteiger partial charge on any atom is -0.378 e. The first-order valence-electron chi connectivity index (χ1n) is 44.5. The van der Waals surface area contributed by atoms with Gasteiger partial charge in [-0.15, -0.1) is 142 Å². The van der Waals surface area contributed by atoms with Crippen molar-refractivity contribution in [1.82, 2.24) is 46.9 Å². The maximum absolute atomic E-state index is 5.04. The summed E-state index contributed by atoms with van der Waals surface area (Å²) in [5.41, 5.74) is 34.1. The Kier molecular flexibility index (Phi) is 48.1. The van der Waals surface area contributed by atoms with E-state index in [1.807, 2.05) is 73.4 Å². The first kappa shape index (κ1) is 129. The van der Waals surface area contributed by atoms with Gasteiger partial charge in [-0.3, -0.25) is 24.9 Å². The predicted octanol–water partition coefficient (Wildman–Crippen LogP) is 31.8. The predicted molar refractivity (Wildman–Crippen MR) is 568 cm³/mol. The minimum absolute atomic E-state index is 0. The smallest absolute Gasteiger partial charge is 0.0774 e. The van der Waals surface area contributed by atoms with E-state index in [2.05, 4.69) is 399 Å². The summed E-state index contributed by atoms with van der Waals surface area (Å²) in [6, 6.07) is 95.3. The summed E-state index contributed by atoms with van der Waals surface area (Å²) in [6.07, 6.45) is 13.7. The van der Waals surface area contributed by atoms with Crippen LogP contribution in [0.4, 0.5) is 5.69 Å². The molecule has 0 saturated heterocycles. The van der Waals surface area contributed by atoms with Gasteiger partial charge in [0.1, 0.15) is 0 Å². The zero-order chi connectivity index (χ0) is 88.5. The summed E-state index contributed by atoms with van der Waals surface area (Å²) < 4.78 is 11.2. The molecule has 0 saturated carbocycles. The van der Waals surface area contributed by atoms with Crippen LogP contribution in [-0.2, 0) is 275 Å². The number of nitrogens with zero attached hydrogens (tertiary/aromatic N) is 11. The summed E-state index contributed by atoms with van der Waals surface area (Å²) in [7, 11) is 4.11. The van der Waals surface area contributed by atoms with E-state index < -0.39 is 0 Å². The molecule has 142 heavy (non-hydrogen) atoms. The van der Waals surface area contributed by atoms with Crippen molar-refractivity contribution >= 4 is 153 Å². The minimum atomic E-state index is 0. The van der Waals surface area contributed by atoms with Gasteiger partial charge >= 0.3 is 0 Å². The first-order chi connectivity index (χ1) is 61.1. The Hall–Kier alpha value is -5.26. The average molecular weight is 3130 g/mol. The third kappa shape index (κ3) is 24.2. The molecule has 0 amide bonds. The summed E-state index contributed by atoms with van der Waals surface area (Å²) in [5, 5.41) is 17.8. The summed E-state index contributed by atoms with van der Waals surface area (Å²) in [5.74, 6) is 1.35. The SMILES string of the molecule is CN(C)c1ccc2c3ccc[c-]c3c3nccn3c2c1.Cc1cc2c3ccc[c-]c3c3ncc(-c4c(C(C)C)cccc4C(C)C)n3c2cc1C.Cc1cc[c-]c2c1c1cc(C(C)(C)C)ccc1n1c3cc(C(C)C)ccc3nc21.Cc1ccc2c(c1)c1ccc[c-]c1c1nccn21.Cc1cccc(C)c1-c1cc(C(C)(C)C)cc2c3ccc[c-]c3c3nccn3c12.[CH3-].[CH3-].[CH3-].[CH3-].[CH3-].[Ir].[Ir].[Ir].[Ir].[Ir].[Y].[Y].[Y].[Y].[Y]. The number of hydrogen-bond donors (Lipinski definition) is 0. The number of aryl methyl sites for hydroxylation is 6. The molecule has 0 spiro atoms. The van der Waals surface area contributed by atoms with Gasteiger partial charge in [-0.25, -0.2) is 0 Å². The molecule has 0 aliphatic heterocycles. The van der Waals surface area contributed by atoms with Crippen LogP contribution in [0.15, 0.2) is 262 Å². The van der Waals surface area contributed by atoms with E-state index in [4.69, 9.17) is 9.97 Å². The maximum Gasteiger partial charge on any atom is 0.0774 e. The van der Waals surface area contributed by atoms with Gasteiger partial charge in [0.2, 0.25) is 0 Å². The third-order valence-corrected chi connectivity index (χ3v) is 25.9. The number of fused-ring (bicyclic) bond motifs is 32. The molecule has 10 radical (unpaired) electrons. The number of imidazole rings is 5. The van der Waals surface area contributed by atoms with Crippen molar-refractivity contribution in [3.63, 3.8) is 0 Å². The van der Waals surface area contributed by atoms with Crippen LogP contribution >= 0.6 is 0 Å². The molecule has 0 fully saturated rings. The molecule has 0 aliphatic rings. The number of rotatable bonds is 6. The Bertz CT molecular complexity index is 8340. The van der Waals surface area contributed by atoms with Gasteiger partial charge in [-0.05, 0) is 194 Å². The fraction of sp³-hybridized carbons (Fsp3) is 0.207. The first-order valence-corrected chi connectivity index (χ1v) is 44.5. The Balaban J connectivity index is 0.000000365. The van der Waals surface area contributed by atoms with Crippen molar-refractivity contribution in [1.29, 1.82) is 0 Å². The molecule has 10 heterocycles. The Morgan fingerprint density at radius 2 is 0.810 bits per heavy atom. The van der Waals surface area contributed by atoms with Crippen molar-refractivity contribution in [2.45, 2.75) is 153 Å². The fourth-order valence-electron chi connectivity index (χ4n) is 19.1. The van der Waals surface area contributed by atoms with Gasteiger partial charge < -0.3 is 64.0 Å². The average Bonchev–Trinajstić information content (AvgIpc) is 1.20. The van der Waals surface area contributed by atoms with Gasteiger partial charge in [-0.1, -0.05) is 213 Å². The molecule has 0 bridgehead atoms. The number of anilines is 1. The Morgan fingerprint density at radius 3 is 1.35 bits per heavy atom. The van der Waals surface area contributed by atoms with Crippen LogP contribution in [0.2, 0.25) is 0 Å². The van der Waals surface area contributed by atoms with Gasteiger partial charge in [0.05, 0.1) is 45.0 Å². The Labute approximate surface area is 1030 Å². The molecule has 11 nitrogen and oxygen atoms in total. The van der Waals surface area contributed by atoms with Crippen molar-refractivity contribution in [3.05, 3.63) is 390 Å². The van der Waals surface area contributed by atoms with Crippen LogP contribution in [0.25, 0.3) is 170 Å². The van der Waals surface area contributed by atoms with E-state index in [1.54, 1.807) is 0 Å². The molecule has 23 aromatic rings. The molecule has 0 N–H and O–H groups in total. The van der Waals surface area contributed by atoms with Crippen LogP contribution in [0.3, 0.4) is 0 Å². The molecule has 0 atom stereocenters. The molecule has 21 heteroatoms. The second-order valence-corrected chi connectivity index (χ2v) is 37.7. The van der Waals surface area contributed by atoms with Crippen molar-refractivity contribution in [3.8, 4) is 22.4 Å². The quantitative estimate of drug-likeness (QED) is 0.122. The largest absolute Gasteiger partial charge is 0.378 e. The molecule has 13 aromatic carbocycles. The summed E-state index contributed by atoms with van der Waals surface area (Å²) in [4.78, 5) is 25.7. The fourth-order valence-corrected chi connectivity index (χ4v) is 19.1. The molecule has 0 unspecified atom stereocenters. The maximum atomic E-state index is 5.04. The van der Waals surface area contributed by atoms with E-state index >= 15 is 0 Å². The van der Waals surface area contributed by atoms with E-state index in [-0.39, 0.29) is 312 Å². The molecular weight excluding hydrogens is 3010 g/mol. The van der Waals surface area contributed by atoms with Crippen molar-refractivity contribution in [2.75, 3.05) is 19.0 Å². The Morgan fingerprint density at radius 1 is 0.331 bits per heavy atom. The van der Waals surface area contributed by atoms with E-state index in [9.17, 15) is 0 Å². The van der Waals surface area contributed by atoms with E-state index in [1.165, 1.54) is 176 Å². The standard InChI is InChI=1S/C29H29N2.C27H27N2.C27H25N2.C17H14N3.C16H11N2.5CH3.5Ir.5Y/c1-17(2)21-12-9-13-22(18(3)4)28(21)27-16-30-29-24-11-8-7-10-23(24)25-14-19(5)20(6)15-26(25)31(27)29;1-16(2)18-10-12-22-24(14-18)29-23-13-11-19(27(4,5)6)15-21(23)25-17(3)8-7-9-20(25)26(29)28-22;1-17-9-8-10-18(2)24(17)23-16-19(27(3,4)5)15-22-20-11-6-7-12-21(20)26-28-13-14-29(26)25(22)23;1-19(2)12-7-8-14-13-5-3-4-6-15(13)17-18-9-10-20(17)16(14)11-12;1-11-6-7-15-14(10-11)12-4-2-3-5-13(12)16-17-8-9-18(15)16;;;;;;;;;;;;;;;/h7-10,12-18H,1-6H3;7-8,10-16H,1-6H3;6-11,13-16H,1-5H3;3-5,7-11H,1-2H3;2-4,6-10H,1H3;5*1H3;;;;;;;;;;/q10*-1;;;;;;;;;;. The van der Waals surface area contributed by atoms with Crippen LogP contribution in [0, 0.1) is 109 Å². The molecule has 23 rings (SSSR count). The summed E-state index contributed by atoms with van der Waals surface area (Å²) >= 11 is 0. The zero-order valence-corrected chi connectivity index (χ0v) is 112. The normalized spacial score (nSPS) is 10.9. The number of pyridine rings is 5. The monoisotopic (exact) mass is 3140 g/mol. The van der Waals surface area contributed by atoms with Gasteiger partial charge in [0, 0.05) is 366 Å². The van der Waals surface area contributed by atoms with E-state index in [0.29, 0.717) is 17.8 Å². The van der Waals surface area contributed by atoms with Crippen LogP contribution in [0.1, 0.15) is 162 Å². The van der Waals surface area contributed by atoms with Crippen LogP contribution in [-0.4, -0.2) is 61.0 Å². The van der Waals surface area contributed by atoms with Crippen LogP contribution < -0.4 is 4.90 Å². The molecule has 730 valence electrons. The zero-order valence-electron chi connectivity index (χ0n) is 86.0. The van der Waals surface area contributed by atoms with Crippen molar-refractivity contribution < 1.29 is 264 Å². The second-order valence-electron chi connectivity index (χ2n) is 37.7.